The van der Waals surface area contributed by atoms with Crippen LogP contribution in [-0.4, -0.2) is 57.4 Å². The SMILES string of the molecule is CC(C)(C(N)=O)C(=O)NCCCNc1nc(Nc2cccc(NC(=O)CCC(=O)C3CCSC3=O)c2)ncc1Br. The van der Waals surface area contributed by atoms with E-state index >= 15 is 0 Å². The predicted molar refractivity (Wildman–Crippen MR) is 157 cm³/mol. The van der Waals surface area contributed by atoms with E-state index in [4.69, 9.17) is 5.73 Å². The fraction of sp³-hybridized carbons (Fsp3) is 0.423. The number of carbonyl (C=O) groups is 5. The highest BCUT2D eigenvalue weighted by Gasteiger charge is 2.33. The molecule has 1 aromatic carbocycles. The van der Waals surface area contributed by atoms with Crippen LogP contribution < -0.4 is 27.0 Å². The number of Topliss-reactive ketones (excluding diaryl/α,β-unsaturated/α-hetero) is 1. The van der Waals surface area contributed by atoms with Crippen LogP contribution in [0.2, 0.25) is 0 Å². The summed E-state index contributed by atoms with van der Waals surface area (Å²) in [5.41, 5.74) is 5.15. The van der Waals surface area contributed by atoms with E-state index in [0.29, 0.717) is 59.3 Å². The molecule has 1 aromatic heterocycles. The first-order valence-electron chi connectivity index (χ1n) is 12.7. The molecule has 0 aliphatic carbocycles. The van der Waals surface area contributed by atoms with E-state index in [1.807, 2.05) is 0 Å². The molecule has 14 heteroatoms. The summed E-state index contributed by atoms with van der Waals surface area (Å²) in [4.78, 5) is 68.5. The third-order valence-electron chi connectivity index (χ3n) is 6.18. The van der Waals surface area contributed by atoms with Gasteiger partial charge in [-0.05, 0) is 60.8 Å². The van der Waals surface area contributed by atoms with Gasteiger partial charge in [-0.3, -0.25) is 24.0 Å². The molecule has 1 aliphatic heterocycles. The number of primary amides is 1. The Morgan fingerprint density at radius 1 is 1.15 bits per heavy atom. The van der Waals surface area contributed by atoms with Crippen molar-refractivity contribution in [3.63, 3.8) is 0 Å². The first kappa shape index (κ1) is 31.0. The summed E-state index contributed by atoms with van der Waals surface area (Å²) in [6.07, 6.45) is 2.74. The molecule has 3 rings (SSSR count). The average Bonchev–Trinajstić information content (AvgIpc) is 3.34. The van der Waals surface area contributed by atoms with Crippen LogP contribution in [0.1, 0.15) is 39.5 Å². The van der Waals surface area contributed by atoms with Crippen LogP contribution in [0.3, 0.4) is 0 Å². The monoisotopic (exact) mass is 633 g/mol. The lowest BCUT2D eigenvalue weighted by Gasteiger charge is -2.19. The fourth-order valence-corrected chi connectivity index (χ4v) is 4.94. The Hall–Kier alpha value is -3.52. The molecule has 2 heterocycles. The third kappa shape index (κ3) is 8.74. The zero-order valence-corrected chi connectivity index (χ0v) is 24.6. The molecule has 40 heavy (non-hydrogen) atoms. The molecule has 1 aliphatic rings. The van der Waals surface area contributed by atoms with Crippen molar-refractivity contribution in [2.24, 2.45) is 17.1 Å². The molecule has 214 valence electrons. The number of nitrogens with two attached hydrogens (primary N) is 1. The van der Waals surface area contributed by atoms with Gasteiger partial charge >= 0.3 is 0 Å². The van der Waals surface area contributed by atoms with Gasteiger partial charge in [0.05, 0.1) is 10.4 Å². The maximum atomic E-state index is 12.4. The number of amides is 3. The summed E-state index contributed by atoms with van der Waals surface area (Å²) in [5, 5.41) is 11.6. The minimum atomic E-state index is -1.28. The minimum absolute atomic E-state index is 0.00235. The smallest absolute Gasteiger partial charge is 0.235 e. The highest BCUT2D eigenvalue weighted by Crippen LogP contribution is 2.28. The maximum Gasteiger partial charge on any atom is 0.235 e. The highest BCUT2D eigenvalue weighted by molar-refractivity contribution is 9.10. The Balaban J connectivity index is 1.48. The lowest BCUT2D eigenvalue weighted by atomic mass is 9.91. The zero-order valence-electron chi connectivity index (χ0n) is 22.2. The summed E-state index contributed by atoms with van der Waals surface area (Å²) < 4.78 is 0.644. The second-order valence-electron chi connectivity index (χ2n) is 9.64. The Bertz CT molecular complexity index is 1290. The molecular formula is C26H32BrN7O5S. The van der Waals surface area contributed by atoms with Crippen LogP contribution in [-0.2, 0) is 24.0 Å². The van der Waals surface area contributed by atoms with Gasteiger partial charge in [-0.25, -0.2) is 4.98 Å². The number of hydrogen-bond acceptors (Lipinski definition) is 10. The third-order valence-corrected chi connectivity index (χ3v) is 7.77. The molecule has 1 fully saturated rings. The van der Waals surface area contributed by atoms with Crippen molar-refractivity contribution in [3.05, 3.63) is 34.9 Å². The number of nitrogens with one attached hydrogen (secondary N) is 4. The number of thioether (sulfide) groups is 1. The average molecular weight is 635 g/mol. The number of carbonyl (C=O) groups excluding carboxylic acids is 5. The first-order chi connectivity index (χ1) is 19.0. The normalized spacial score (nSPS) is 14.9. The van der Waals surface area contributed by atoms with Crippen molar-refractivity contribution in [2.45, 2.75) is 39.5 Å². The molecular weight excluding hydrogens is 602 g/mol. The summed E-state index contributed by atoms with van der Waals surface area (Å²) in [6.45, 7) is 3.79. The van der Waals surface area contributed by atoms with E-state index in [1.54, 1.807) is 30.5 Å². The van der Waals surface area contributed by atoms with Crippen LogP contribution in [0.5, 0.6) is 0 Å². The maximum absolute atomic E-state index is 12.4. The molecule has 2 aromatic rings. The van der Waals surface area contributed by atoms with E-state index in [9.17, 15) is 24.0 Å². The number of nitrogens with zero attached hydrogens (tertiary/aromatic N) is 2. The molecule has 0 bridgehead atoms. The number of anilines is 4. The lowest BCUT2D eigenvalue weighted by molar-refractivity contribution is -0.139. The molecule has 6 N–H and O–H groups in total. The van der Waals surface area contributed by atoms with Crippen molar-refractivity contribution in [1.29, 1.82) is 0 Å². The minimum Gasteiger partial charge on any atom is -0.369 e. The molecule has 0 spiro atoms. The Morgan fingerprint density at radius 2 is 1.90 bits per heavy atom. The summed E-state index contributed by atoms with van der Waals surface area (Å²) in [5.74, 6) is -0.703. The lowest BCUT2D eigenvalue weighted by Crippen LogP contribution is -2.46. The van der Waals surface area contributed by atoms with E-state index in [0.717, 1.165) is 0 Å². The first-order valence-corrected chi connectivity index (χ1v) is 14.5. The Morgan fingerprint density at radius 3 is 2.60 bits per heavy atom. The number of benzene rings is 1. The van der Waals surface area contributed by atoms with E-state index < -0.39 is 23.1 Å². The van der Waals surface area contributed by atoms with Gasteiger partial charge in [0.25, 0.3) is 0 Å². The Kier molecular flexibility index (Phi) is 11.0. The second kappa shape index (κ2) is 14.2. The van der Waals surface area contributed by atoms with Gasteiger partial charge in [-0.15, -0.1) is 0 Å². The van der Waals surface area contributed by atoms with Crippen molar-refractivity contribution in [2.75, 3.05) is 34.8 Å². The summed E-state index contributed by atoms with van der Waals surface area (Å²) >= 11 is 4.58. The fourth-order valence-electron chi connectivity index (χ4n) is 3.61. The molecule has 0 saturated carbocycles. The van der Waals surface area contributed by atoms with Crippen molar-refractivity contribution >= 4 is 79.5 Å². The molecule has 1 unspecified atom stereocenters. The van der Waals surface area contributed by atoms with E-state index in [1.165, 1.54) is 25.6 Å². The topological polar surface area (TPSA) is 185 Å². The standard InChI is InChI=1S/C26H32BrN7O5S/c1-26(2,23(28)38)24(39)30-11-4-10-29-21-18(27)14-31-25(34-21)33-16-6-3-5-15(13-16)32-20(36)8-7-19(35)17-9-12-40-22(17)37/h3,5-6,13-14,17H,4,7-12H2,1-2H3,(H2,28,38)(H,30,39)(H,32,36)(H2,29,31,33,34). The molecule has 3 amide bonds. The highest BCUT2D eigenvalue weighted by atomic mass is 79.9. The molecule has 1 saturated heterocycles. The van der Waals surface area contributed by atoms with Gasteiger partial charge in [0.15, 0.2) is 5.12 Å². The number of hydrogen-bond donors (Lipinski definition) is 5. The van der Waals surface area contributed by atoms with Gasteiger partial charge in [0.1, 0.15) is 17.0 Å². The van der Waals surface area contributed by atoms with Gasteiger partial charge < -0.3 is 27.0 Å². The number of ketones is 1. The number of rotatable bonds is 14. The quantitative estimate of drug-likeness (QED) is 0.153. The van der Waals surface area contributed by atoms with Crippen LogP contribution in [0.25, 0.3) is 0 Å². The largest absolute Gasteiger partial charge is 0.369 e. The van der Waals surface area contributed by atoms with Gasteiger partial charge in [0, 0.05) is 49.3 Å². The summed E-state index contributed by atoms with van der Waals surface area (Å²) in [7, 11) is 0. The Labute approximate surface area is 244 Å². The van der Waals surface area contributed by atoms with Crippen LogP contribution in [0, 0.1) is 11.3 Å². The van der Waals surface area contributed by atoms with Crippen molar-refractivity contribution < 1.29 is 24.0 Å². The number of aromatic nitrogens is 2. The zero-order chi connectivity index (χ0) is 29.3. The predicted octanol–water partition coefficient (Wildman–Crippen LogP) is 2.98. The van der Waals surface area contributed by atoms with Crippen molar-refractivity contribution in [3.8, 4) is 0 Å². The number of halogens is 1. The van der Waals surface area contributed by atoms with E-state index in [2.05, 4.69) is 47.2 Å². The second-order valence-corrected chi connectivity index (χ2v) is 11.6. The van der Waals surface area contributed by atoms with Crippen LogP contribution >= 0.6 is 27.7 Å². The molecule has 12 nitrogen and oxygen atoms in total. The van der Waals surface area contributed by atoms with Crippen LogP contribution in [0.4, 0.5) is 23.1 Å². The van der Waals surface area contributed by atoms with Gasteiger partial charge in [-0.2, -0.15) is 4.98 Å². The van der Waals surface area contributed by atoms with Crippen LogP contribution in [0.15, 0.2) is 34.9 Å². The van der Waals surface area contributed by atoms with Crippen molar-refractivity contribution in [1.82, 2.24) is 15.3 Å². The summed E-state index contributed by atoms with van der Waals surface area (Å²) in [6, 6.07) is 6.98. The van der Waals surface area contributed by atoms with Gasteiger partial charge in [-0.1, -0.05) is 17.8 Å². The van der Waals surface area contributed by atoms with E-state index in [-0.39, 0.29) is 29.6 Å². The molecule has 0 radical (unpaired) electrons. The van der Waals surface area contributed by atoms with Gasteiger partial charge in [0.2, 0.25) is 23.7 Å². The molecule has 1 atom stereocenters.